The second-order valence-corrected chi connectivity index (χ2v) is 4.64. The van der Waals surface area contributed by atoms with Crippen LogP contribution in [0.5, 0.6) is 5.88 Å². The monoisotopic (exact) mass is 235 g/mol. The Hall–Kier alpha value is -1.29. The number of anilines is 1. The third-order valence-corrected chi connectivity index (χ3v) is 3.34. The molecule has 1 aliphatic rings. The van der Waals surface area contributed by atoms with Crippen molar-refractivity contribution in [2.75, 3.05) is 24.6 Å². The SMILES string of the molecule is CCOc1cccc(N2CCC(C)C(N)C2)n1. The molecule has 17 heavy (non-hydrogen) atoms. The van der Waals surface area contributed by atoms with E-state index in [1.54, 1.807) is 0 Å². The number of hydrogen-bond donors (Lipinski definition) is 1. The highest BCUT2D eigenvalue weighted by Crippen LogP contribution is 2.22. The number of piperidine rings is 1. The second-order valence-electron chi connectivity index (χ2n) is 4.64. The molecule has 1 fully saturated rings. The van der Waals surface area contributed by atoms with Crippen LogP contribution in [0.15, 0.2) is 18.2 Å². The van der Waals surface area contributed by atoms with Crippen molar-refractivity contribution in [3.8, 4) is 5.88 Å². The van der Waals surface area contributed by atoms with Crippen LogP contribution < -0.4 is 15.4 Å². The van der Waals surface area contributed by atoms with Gasteiger partial charge in [-0.05, 0) is 25.3 Å². The van der Waals surface area contributed by atoms with Gasteiger partial charge in [-0.25, -0.2) is 0 Å². The summed E-state index contributed by atoms with van der Waals surface area (Å²) >= 11 is 0. The third kappa shape index (κ3) is 2.88. The number of aromatic nitrogens is 1. The van der Waals surface area contributed by atoms with Crippen molar-refractivity contribution in [1.82, 2.24) is 4.98 Å². The molecule has 2 atom stereocenters. The number of ether oxygens (including phenoxy) is 1. The molecular weight excluding hydrogens is 214 g/mol. The molecule has 2 heterocycles. The van der Waals surface area contributed by atoms with Gasteiger partial charge in [0.15, 0.2) is 0 Å². The molecule has 2 unspecified atom stereocenters. The summed E-state index contributed by atoms with van der Waals surface area (Å²) in [5, 5.41) is 0. The van der Waals surface area contributed by atoms with Crippen molar-refractivity contribution in [3.63, 3.8) is 0 Å². The quantitative estimate of drug-likeness (QED) is 0.865. The zero-order chi connectivity index (χ0) is 12.3. The van der Waals surface area contributed by atoms with E-state index in [9.17, 15) is 0 Å². The average Bonchev–Trinajstić information content (AvgIpc) is 2.33. The van der Waals surface area contributed by atoms with Gasteiger partial charge < -0.3 is 15.4 Å². The zero-order valence-corrected chi connectivity index (χ0v) is 10.6. The molecule has 1 saturated heterocycles. The first-order valence-corrected chi connectivity index (χ1v) is 6.31. The molecule has 0 spiro atoms. The molecule has 0 aromatic carbocycles. The summed E-state index contributed by atoms with van der Waals surface area (Å²) < 4.78 is 5.42. The van der Waals surface area contributed by atoms with Crippen molar-refractivity contribution < 1.29 is 4.74 Å². The summed E-state index contributed by atoms with van der Waals surface area (Å²) in [6, 6.07) is 6.13. The van der Waals surface area contributed by atoms with Gasteiger partial charge in [-0.1, -0.05) is 13.0 Å². The smallest absolute Gasteiger partial charge is 0.215 e. The summed E-state index contributed by atoms with van der Waals surface area (Å²) in [6.07, 6.45) is 1.13. The molecular formula is C13H21N3O. The van der Waals surface area contributed by atoms with Gasteiger partial charge in [0.2, 0.25) is 5.88 Å². The van der Waals surface area contributed by atoms with Crippen LogP contribution in [0.3, 0.4) is 0 Å². The highest BCUT2D eigenvalue weighted by Gasteiger charge is 2.23. The molecule has 0 radical (unpaired) electrons. The Labute approximate surface area is 103 Å². The van der Waals surface area contributed by atoms with E-state index in [0.717, 1.165) is 25.3 Å². The Morgan fingerprint density at radius 2 is 2.35 bits per heavy atom. The first-order valence-electron chi connectivity index (χ1n) is 6.31. The summed E-state index contributed by atoms with van der Waals surface area (Å²) in [5.41, 5.74) is 6.10. The van der Waals surface area contributed by atoms with Crippen LogP contribution in [0.1, 0.15) is 20.3 Å². The molecule has 1 aromatic rings. The Morgan fingerprint density at radius 3 is 3.06 bits per heavy atom. The largest absolute Gasteiger partial charge is 0.478 e. The Morgan fingerprint density at radius 1 is 1.53 bits per heavy atom. The molecule has 2 N–H and O–H groups in total. The van der Waals surface area contributed by atoms with Crippen LogP contribution in [-0.2, 0) is 0 Å². The Balaban J connectivity index is 2.09. The minimum Gasteiger partial charge on any atom is -0.478 e. The first-order chi connectivity index (χ1) is 8.20. The second kappa shape index (κ2) is 5.36. The Bertz CT molecular complexity index is 369. The van der Waals surface area contributed by atoms with E-state index < -0.39 is 0 Å². The number of hydrogen-bond acceptors (Lipinski definition) is 4. The van der Waals surface area contributed by atoms with Crippen LogP contribution in [0.2, 0.25) is 0 Å². The highest BCUT2D eigenvalue weighted by molar-refractivity contribution is 5.41. The number of pyridine rings is 1. The standard InChI is InChI=1S/C13H21N3O/c1-3-17-13-6-4-5-12(15-13)16-8-7-10(2)11(14)9-16/h4-6,10-11H,3,7-9,14H2,1-2H3. The maximum absolute atomic E-state index is 6.10. The van der Waals surface area contributed by atoms with Crippen molar-refractivity contribution in [3.05, 3.63) is 18.2 Å². The third-order valence-electron chi connectivity index (χ3n) is 3.34. The van der Waals surface area contributed by atoms with Crippen LogP contribution in [0.25, 0.3) is 0 Å². The van der Waals surface area contributed by atoms with E-state index >= 15 is 0 Å². The molecule has 0 amide bonds. The molecule has 2 rings (SSSR count). The van der Waals surface area contributed by atoms with Crippen LogP contribution in [-0.4, -0.2) is 30.7 Å². The topological polar surface area (TPSA) is 51.4 Å². The van der Waals surface area contributed by atoms with E-state index in [2.05, 4.69) is 16.8 Å². The predicted octanol–water partition coefficient (Wildman–Crippen LogP) is 1.65. The summed E-state index contributed by atoms with van der Waals surface area (Å²) in [5.74, 6) is 2.26. The predicted molar refractivity (Wildman–Crippen MR) is 69.4 cm³/mol. The summed E-state index contributed by atoms with van der Waals surface area (Å²) in [6.45, 7) is 6.73. The number of nitrogens with zero attached hydrogens (tertiary/aromatic N) is 2. The van der Waals surface area contributed by atoms with Gasteiger partial charge in [0.05, 0.1) is 6.61 Å². The molecule has 0 bridgehead atoms. The molecule has 4 nitrogen and oxygen atoms in total. The van der Waals surface area contributed by atoms with Crippen molar-refractivity contribution in [1.29, 1.82) is 0 Å². The van der Waals surface area contributed by atoms with Crippen molar-refractivity contribution >= 4 is 5.82 Å². The fourth-order valence-corrected chi connectivity index (χ4v) is 2.12. The molecule has 4 heteroatoms. The van der Waals surface area contributed by atoms with Crippen molar-refractivity contribution in [2.24, 2.45) is 11.7 Å². The van der Waals surface area contributed by atoms with E-state index in [1.807, 2.05) is 25.1 Å². The van der Waals surface area contributed by atoms with Gasteiger partial charge in [-0.15, -0.1) is 0 Å². The molecule has 1 aromatic heterocycles. The van der Waals surface area contributed by atoms with E-state index in [1.165, 1.54) is 0 Å². The van der Waals surface area contributed by atoms with Gasteiger partial charge in [0.1, 0.15) is 5.82 Å². The fourth-order valence-electron chi connectivity index (χ4n) is 2.12. The molecule has 94 valence electrons. The lowest BCUT2D eigenvalue weighted by molar-refractivity contribution is 0.325. The van der Waals surface area contributed by atoms with Gasteiger partial charge in [0, 0.05) is 25.2 Å². The van der Waals surface area contributed by atoms with Gasteiger partial charge in [-0.2, -0.15) is 4.98 Å². The number of nitrogens with two attached hydrogens (primary N) is 1. The zero-order valence-electron chi connectivity index (χ0n) is 10.6. The molecule has 0 aliphatic carbocycles. The van der Waals surface area contributed by atoms with Gasteiger partial charge >= 0.3 is 0 Å². The van der Waals surface area contributed by atoms with Gasteiger partial charge in [-0.3, -0.25) is 0 Å². The Kier molecular flexibility index (Phi) is 3.84. The van der Waals surface area contributed by atoms with Crippen LogP contribution >= 0.6 is 0 Å². The highest BCUT2D eigenvalue weighted by atomic mass is 16.5. The number of rotatable bonds is 3. The molecule has 0 saturated carbocycles. The maximum Gasteiger partial charge on any atom is 0.215 e. The lowest BCUT2D eigenvalue weighted by atomic mass is 9.94. The minimum absolute atomic E-state index is 0.237. The van der Waals surface area contributed by atoms with Crippen LogP contribution in [0.4, 0.5) is 5.82 Å². The van der Waals surface area contributed by atoms with Crippen molar-refractivity contribution in [2.45, 2.75) is 26.3 Å². The fraction of sp³-hybridized carbons (Fsp3) is 0.615. The summed E-state index contributed by atoms with van der Waals surface area (Å²) in [7, 11) is 0. The summed E-state index contributed by atoms with van der Waals surface area (Å²) in [4.78, 5) is 6.74. The van der Waals surface area contributed by atoms with E-state index in [4.69, 9.17) is 10.5 Å². The maximum atomic E-state index is 6.10. The normalized spacial score (nSPS) is 24.8. The minimum atomic E-state index is 0.237. The molecule has 1 aliphatic heterocycles. The average molecular weight is 235 g/mol. The lowest BCUT2D eigenvalue weighted by Crippen LogP contribution is -2.47. The van der Waals surface area contributed by atoms with E-state index in [-0.39, 0.29) is 6.04 Å². The lowest BCUT2D eigenvalue weighted by Gasteiger charge is -2.35. The van der Waals surface area contributed by atoms with Gasteiger partial charge in [0.25, 0.3) is 0 Å². The van der Waals surface area contributed by atoms with Crippen LogP contribution in [0, 0.1) is 5.92 Å². The van der Waals surface area contributed by atoms with E-state index in [0.29, 0.717) is 18.4 Å². The first kappa shape index (κ1) is 12.2.